The highest BCUT2D eigenvalue weighted by Crippen LogP contribution is 2.48. The summed E-state index contributed by atoms with van der Waals surface area (Å²) in [4.78, 5) is 0. The van der Waals surface area contributed by atoms with Crippen LogP contribution >= 0.6 is 11.6 Å². The van der Waals surface area contributed by atoms with Crippen molar-refractivity contribution in [3.8, 4) is 11.5 Å². The van der Waals surface area contributed by atoms with Gasteiger partial charge < -0.3 is 9.47 Å². The van der Waals surface area contributed by atoms with Crippen LogP contribution in [-0.4, -0.2) is 6.79 Å². The van der Waals surface area contributed by atoms with Crippen LogP contribution in [0.15, 0.2) is 17.7 Å². The number of rotatable bonds is 0. The van der Waals surface area contributed by atoms with Crippen molar-refractivity contribution < 1.29 is 9.47 Å². The Morgan fingerprint density at radius 2 is 1.87 bits per heavy atom. The zero-order valence-electron chi connectivity index (χ0n) is 8.63. The van der Waals surface area contributed by atoms with Crippen molar-refractivity contribution in [1.82, 2.24) is 0 Å². The van der Waals surface area contributed by atoms with E-state index in [2.05, 4.69) is 13.8 Å². The summed E-state index contributed by atoms with van der Waals surface area (Å²) in [6, 6.07) is 4.02. The summed E-state index contributed by atoms with van der Waals surface area (Å²) < 4.78 is 10.7. The Hall–Kier alpha value is -1.15. The Bertz CT molecular complexity index is 477. The number of alkyl halides is 1. The van der Waals surface area contributed by atoms with Gasteiger partial charge in [-0.1, -0.05) is 0 Å². The molecule has 3 heteroatoms. The van der Waals surface area contributed by atoms with Gasteiger partial charge in [0.2, 0.25) is 6.79 Å². The second-order valence-electron chi connectivity index (χ2n) is 3.96. The third kappa shape index (κ3) is 1.11. The zero-order valence-corrected chi connectivity index (χ0v) is 9.39. The highest BCUT2D eigenvalue weighted by molar-refractivity contribution is 6.24. The van der Waals surface area contributed by atoms with Crippen LogP contribution in [0, 0.1) is 0 Å². The van der Waals surface area contributed by atoms with Gasteiger partial charge in [0.15, 0.2) is 11.5 Å². The largest absolute Gasteiger partial charge is 0.454 e. The van der Waals surface area contributed by atoms with Gasteiger partial charge in [-0.25, -0.2) is 0 Å². The van der Waals surface area contributed by atoms with Crippen LogP contribution in [-0.2, 0) is 0 Å². The third-order valence-electron chi connectivity index (χ3n) is 3.19. The second-order valence-corrected chi connectivity index (χ2v) is 4.40. The summed E-state index contributed by atoms with van der Waals surface area (Å²) >= 11 is 6.34. The fourth-order valence-electron chi connectivity index (χ4n) is 2.13. The molecule has 1 unspecified atom stereocenters. The first-order valence-corrected chi connectivity index (χ1v) is 5.37. The summed E-state index contributed by atoms with van der Waals surface area (Å²) in [7, 11) is 0. The van der Waals surface area contributed by atoms with Crippen LogP contribution in [0.2, 0.25) is 0 Å². The van der Waals surface area contributed by atoms with Gasteiger partial charge in [-0.15, -0.1) is 11.6 Å². The van der Waals surface area contributed by atoms with Gasteiger partial charge in [-0.2, -0.15) is 0 Å². The first-order valence-electron chi connectivity index (χ1n) is 4.94. The summed E-state index contributed by atoms with van der Waals surface area (Å²) in [6.07, 6.45) is 0. The molecule has 1 aliphatic heterocycles. The van der Waals surface area contributed by atoms with E-state index in [0.717, 1.165) is 17.1 Å². The van der Waals surface area contributed by atoms with E-state index in [1.165, 1.54) is 16.7 Å². The molecule has 1 atom stereocenters. The average molecular weight is 223 g/mol. The lowest BCUT2D eigenvalue weighted by Crippen LogP contribution is -1.93. The predicted molar refractivity (Wildman–Crippen MR) is 59.4 cm³/mol. The molecule has 0 aromatic heterocycles. The van der Waals surface area contributed by atoms with Crippen molar-refractivity contribution >= 4 is 17.2 Å². The molecule has 1 heterocycles. The summed E-state index contributed by atoms with van der Waals surface area (Å²) in [5.74, 6) is 1.63. The molecule has 0 fully saturated rings. The summed E-state index contributed by atoms with van der Waals surface area (Å²) in [5, 5.41) is -0.0190. The average Bonchev–Trinajstić information content (AvgIpc) is 2.77. The molecule has 0 spiro atoms. The maximum Gasteiger partial charge on any atom is 0.231 e. The molecule has 15 heavy (non-hydrogen) atoms. The lowest BCUT2D eigenvalue weighted by molar-refractivity contribution is 0.174. The van der Waals surface area contributed by atoms with Gasteiger partial charge in [-0.3, -0.25) is 0 Å². The van der Waals surface area contributed by atoms with E-state index in [9.17, 15) is 0 Å². The molecule has 0 radical (unpaired) electrons. The number of halogens is 1. The van der Waals surface area contributed by atoms with Crippen molar-refractivity contribution in [2.45, 2.75) is 19.2 Å². The predicted octanol–water partition coefficient (Wildman–Crippen LogP) is 3.50. The van der Waals surface area contributed by atoms with Crippen molar-refractivity contribution in [2.24, 2.45) is 0 Å². The Morgan fingerprint density at radius 1 is 1.20 bits per heavy atom. The fraction of sp³-hybridized carbons (Fsp3) is 0.333. The first-order chi connectivity index (χ1) is 7.18. The number of allylic oxidation sites excluding steroid dienone is 2. The van der Waals surface area contributed by atoms with Gasteiger partial charge >= 0.3 is 0 Å². The molecule has 0 amide bonds. The fourth-order valence-corrected chi connectivity index (χ4v) is 2.47. The smallest absolute Gasteiger partial charge is 0.231 e. The van der Waals surface area contributed by atoms with Gasteiger partial charge in [0, 0.05) is 0 Å². The maximum atomic E-state index is 6.34. The second kappa shape index (κ2) is 2.92. The van der Waals surface area contributed by atoms with E-state index in [-0.39, 0.29) is 5.38 Å². The molecule has 0 bridgehead atoms. The third-order valence-corrected chi connectivity index (χ3v) is 3.76. The topological polar surface area (TPSA) is 18.5 Å². The minimum absolute atomic E-state index is 0.0190. The van der Waals surface area contributed by atoms with Crippen LogP contribution in [0.5, 0.6) is 11.5 Å². The van der Waals surface area contributed by atoms with Crippen LogP contribution in [0.3, 0.4) is 0 Å². The van der Waals surface area contributed by atoms with E-state index in [1.807, 2.05) is 12.1 Å². The van der Waals surface area contributed by atoms with E-state index in [4.69, 9.17) is 21.1 Å². The van der Waals surface area contributed by atoms with Crippen LogP contribution in [0.25, 0.3) is 5.57 Å². The SMILES string of the molecule is CC1=C(C)C(Cl)c2cc3c(cc21)OCO3. The molecule has 0 saturated heterocycles. The normalized spacial score (nSPS) is 22.2. The van der Waals surface area contributed by atoms with Crippen molar-refractivity contribution in [3.63, 3.8) is 0 Å². The molecule has 1 aromatic carbocycles. The molecule has 2 nitrogen and oxygen atoms in total. The molecule has 1 aromatic rings. The monoisotopic (exact) mass is 222 g/mol. The number of hydrogen-bond donors (Lipinski definition) is 0. The van der Waals surface area contributed by atoms with Gasteiger partial charge in [0.1, 0.15) is 0 Å². The molecular formula is C12H11ClO2. The summed E-state index contributed by atoms with van der Waals surface area (Å²) in [5.41, 5.74) is 4.80. The molecule has 0 saturated carbocycles. The molecular weight excluding hydrogens is 212 g/mol. The van der Waals surface area contributed by atoms with E-state index >= 15 is 0 Å². The van der Waals surface area contributed by atoms with Crippen molar-refractivity contribution in [1.29, 1.82) is 0 Å². The van der Waals surface area contributed by atoms with Crippen LogP contribution in [0.4, 0.5) is 0 Å². The number of hydrogen-bond acceptors (Lipinski definition) is 2. The number of ether oxygens (including phenoxy) is 2. The first kappa shape index (κ1) is 9.10. The highest BCUT2D eigenvalue weighted by Gasteiger charge is 2.28. The molecule has 3 rings (SSSR count). The molecule has 2 aliphatic rings. The number of benzene rings is 1. The number of fused-ring (bicyclic) bond motifs is 2. The zero-order chi connectivity index (χ0) is 10.6. The van der Waals surface area contributed by atoms with E-state index in [0.29, 0.717) is 6.79 Å². The minimum atomic E-state index is -0.0190. The maximum absolute atomic E-state index is 6.34. The van der Waals surface area contributed by atoms with Gasteiger partial charge in [0.25, 0.3) is 0 Å². The molecule has 0 N–H and O–H groups in total. The lowest BCUT2D eigenvalue weighted by atomic mass is 10.1. The Kier molecular flexibility index (Phi) is 1.77. The highest BCUT2D eigenvalue weighted by atomic mass is 35.5. The van der Waals surface area contributed by atoms with Crippen LogP contribution < -0.4 is 9.47 Å². The van der Waals surface area contributed by atoms with Gasteiger partial charge in [0.05, 0.1) is 5.38 Å². The van der Waals surface area contributed by atoms with Gasteiger partial charge in [-0.05, 0) is 48.3 Å². The Morgan fingerprint density at radius 3 is 2.60 bits per heavy atom. The van der Waals surface area contributed by atoms with Crippen LogP contribution in [0.1, 0.15) is 30.4 Å². The van der Waals surface area contributed by atoms with E-state index < -0.39 is 0 Å². The quantitative estimate of drug-likeness (QED) is 0.626. The Labute approximate surface area is 93.5 Å². The standard InChI is InChI=1S/C12H11ClO2/c1-6-7(2)12(13)9-4-11-10(3-8(6)9)14-5-15-11/h3-4,12H,5H2,1-2H3. The minimum Gasteiger partial charge on any atom is -0.454 e. The Balaban J connectivity index is 2.23. The van der Waals surface area contributed by atoms with Crippen molar-refractivity contribution in [2.75, 3.05) is 6.79 Å². The van der Waals surface area contributed by atoms with Crippen molar-refractivity contribution in [3.05, 3.63) is 28.8 Å². The summed E-state index contributed by atoms with van der Waals surface area (Å²) in [6.45, 7) is 4.48. The molecule has 78 valence electrons. The lowest BCUT2D eigenvalue weighted by Gasteiger charge is -2.06. The molecule has 1 aliphatic carbocycles. The van der Waals surface area contributed by atoms with E-state index in [1.54, 1.807) is 0 Å².